The van der Waals surface area contributed by atoms with Crippen LogP contribution >= 0.6 is 15.9 Å². The molecule has 0 aliphatic heterocycles. The average Bonchev–Trinajstić information content (AvgIpc) is 2.26. The molecule has 1 atom stereocenters. The van der Waals surface area contributed by atoms with Gasteiger partial charge in [0, 0.05) is 11.0 Å². The molecule has 1 aromatic rings. The molecule has 88 valence electrons. The number of benzene rings is 1. The summed E-state index contributed by atoms with van der Waals surface area (Å²) < 4.78 is 15.0. The van der Waals surface area contributed by atoms with Gasteiger partial charge < -0.3 is 5.11 Å². The van der Waals surface area contributed by atoms with Gasteiger partial charge in [-0.15, -0.1) is 0 Å². The van der Waals surface area contributed by atoms with Gasteiger partial charge in [-0.3, -0.25) is 0 Å². The van der Waals surface area contributed by atoms with Gasteiger partial charge in [-0.1, -0.05) is 6.92 Å². The first kappa shape index (κ1) is 13.3. The summed E-state index contributed by atoms with van der Waals surface area (Å²) in [5.41, 5.74) is 0.115. The fourth-order valence-electron chi connectivity index (χ4n) is 1.06. The van der Waals surface area contributed by atoms with Crippen LogP contribution in [0.3, 0.4) is 0 Å². The number of carboxylic acids is 1. The van der Waals surface area contributed by atoms with E-state index in [4.69, 9.17) is 5.11 Å². The summed E-state index contributed by atoms with van der Waals surface area (Å²) in [6, 6.07) is 4.63. The van der Waals surface area contributed by atoms with Gasteiger partial charge in [0.1, 0.15) is 11.0 Å². The molecule has 0 spiro atoms. The Morgan fingerprint density at radius 2 is 2.25 bits per heavy atom. The summed E-state index contributed by atoms with van der Waals surface area (Å²) in [4.78, 5) is 11.3. The van der Waals surface area contributed by atoms with Crippen molar-refractivity contribution in [3.8, 4) is 0 Å². The summed E-state index contributed by atoms with van der Waals surface area (Å²) in [5.74, 6) is -1.04. The van der Waals surface area contributed by atoms with Crippen molar-refractivity contribution in [1.29, 1.82) is 0 Å². The average molecular weight is 306 g/mol. The molecule has 4 nitrogen and oxygen atoms in total. The lowest BCUT2D eigenvalue weighted by Crippen LogP contribution is -2.18. The summed E-state index contributed by atoms with van der Waals surface area (Å²) in [6.07, 6.45) is 0.869. The van der Waals surface area contributed by atoms with E-state index in [-0.39, 0.29) is 5.56 Å². The smallest absolute Gasteiger partial charge is 0.336 e. The number of carboxylic acid groups (broad SMARTS) is 1. The quantitative estimate of drug-likeness (QED) is 0.876. The first-order chi connectivity index (χ1) is 7.56. The minimum absolute atomic E-state index is 0.115. The third kappa shape index (κ3) is 3.40. The van der Waals surface area contributed by atoms with E-state index in [1.165, 1.54) is 6.07 Å². The van der Waals surface area contributed by atoms with Crippen LogP contribution < -0.4 is 4.72 Å². The van der Waals surface area contributed by atoms with Crippen molar-refractivity contribution < 1.29 is 14.1 Å². The van der Waals surface area contributed by atoms with Gasteiger partial charge in [0.05, 0.1) is 10.5 Å². The maximum atomic E-state index is 11.7. The van der Waals surface area contributed by atoms with Crippen molar-refractivity contribution in [2.45, 2.75) is 18.2 Å². The van der Waals surface area contributed by atoms with Crippen molar-refractivity contribution in [2.24, 2.45) is 0 Å². The first-order valence-corrected chi connectivity index (χ1v) is 6.68. The Morgan fingerprint density at radius 3 is 2.81 bits per heavy atom. The monoisotopic (exact) mass is 305 g/mol. The molecule has 0 saturated heterocycles. The fraction of sp³-hybridized carbons (Fsp3) is 0.300. The van der Waals surface area contributed by atoms with Crippen LogP contribution in [0.25, 0.3) is 0 Å². The highest BCUT2D eigenvalue weighted by Crippen LogP contribution is 2.19. The molecular weight excluding hydrogens is 294 g/mol. The van der Waals surface area contributed by atoms with Crippen molar-refractivity contribution >= 4 is 32.9 Å². The molecule has 0 aliphatic rings. The van der Waals surface area contributed by atoms with E-state index < -0.39 is 17.0 Å². The second-order valence-corrected chi connectivity index (χ2v) is 5.26. The molecule has 0 radical (unpaired) electrons. The van der Waals surface area contributed by atoms with Crippen molar-refractivity contribution in [3.63, 3.8) is 0 Å². The van der Waals surface area contributed by atoms with Crippen molar-refractivity contribution in [3.05, 3.63) is 28.2 Å². The lowest BCUT2D eigenvalue weighted by molar-refractivity contribution is 0.0695. The molecule has 0 heterocycles. The molecule has 0 bridgehead atoms. The van der Waals surface area contributed by atoms with E-state index in [9.17, 15) is 9.00 Å². The minimum Gasteiger partial charge on any atom is -0.478 e. The number of hydrogen-bond acceptors (Lipinski definition) is 2. The van der Waals surface area contributed by atoms with E-state index in [1.807, 2.05) is 6.92 Å². The van der Waals surface area contributed by atoms with Gasteiger partial charge >= 0.3 is 5.97 Å². The van der Waals surface area contributed by atoms with Gasteiger partial charge in [-0.05, 0) is 40.5 Å². The second-order valence-electron chi connectivity index (χ2n) is 3.11. The summed E-state index contributed by atoms with van der Waals surface area (Å²) in [7, 11) is -1.35. The van der Waals surface area contributed by atoms with Crippen molar-refractivity contribution in [1.82, 2.24) is 4.72 Å². The normalized spacial score (nSPS) is 12.4. The molecule has 6 heteroatoms. The number of rotatable bonds is 5. The molecule has 16 heavy (non-hydrogen) atoms. The van der Waals surface area contributed by atoms with Crippen LogP contribution in [-0.4, -0.2) is 21.8 Å². The Morgan fingerprint density at radius 1 is 1.56 bits per heavy atom. The second kappa shape index (κ2) is 6.12. The van der Waals surface area contributed by atoms with Crippen LogP contribution in [0.1, 0.15) is 23.7 Å². The highest BCUT2D eigenvalue weighted by Gasteiger charge is 2.11. The summed E-state index contributed by atoms with van der Waals surface area (Å²) in [5, 5.41) is 8.90. The number of hydrogen-bond donors (Lipinski definition) is 2. The molecular formula is C10H12BrNO3S. The molecule has 0 aliphatic carbocycles. The van der Waals surface area contributed by atoms with Crippen LogP contribution in [0.2, 0.25) is 0 Å². The van der Waals surface area contributed by atoms with E-state index in [0.29, 0.717) is 15.9 Å². The maximum Gasteiger partial charge on any atom is 0.336 e. The largest absolute Gasteiger partial charge is 0.478 e. The van der Waals surface area contributed by atoms with E-state index >= 15 is 0 Å². The highest BCUT2D eigenvalue weighted by atomic mass is 79.9. The molecule has 0 aromatic heterocycles. The molecule has 1 rings (SSSR count). The Balaban J connectivity index is 2.94. The van der Waals surface area contributed by atoms with Crippen LogP contribution in [0.4, 0.5) is 0 Å². The lowest BCUT2D eigenvalue weighted by atomic mass is 10.2. The number of carbonyl (C=O) groups is 1. The molecule has 1 unspecified atom stereocenters. The molecule has 2 N–H and O–H groups in total. The van der Waals surface area contributed by atoms with E-state index in [1.54, 1.807) is 12.1 Å². The number of aromatic carboxylic acids is 1. The maximum absolute atomic E-state index is 11.7. The Hall–Kier alpha value is -0.720. The molecule has 0 saturated carbocycles. The SMILES string of the molecule is CCCNS(=O)c1ccc(Br)c(C(=O)O)c1. The molecule has 0 amide bonds. The zero-order valence-corrected chi connectivity index (χ0v) is 11.1. The predicted molar refractivity (Wildman–Crippen MR) is 65.8 cm³/mol. The number of halogens is 1. The van der Waals surface area contributed by atoms with Crippen LogP contribution in [0.15, 0.2) is 27.6 Å². The zero-order chi connectivity index (χ0) is 12.1. The standard InChI is InChI=1S/C10H12BrNO3S/c1-2-5-12-16(15)7-3-4-9(11)8(6-7)10(13)14/h3-4,6,12H,2,5H2,1H3,(H,13,14). The van der Waals surface area contributed by atoms with Crippen LogP contribution in [0.5, 0.6) is 0 Å². The van der Waals surface area contributed by atoms with E-state index in [0.717, 1.165) is 6.42 Å². The van der Waals surface area contributed by atoms with Gasteiger partial charge in [0.15, 0.2) is 0 Å². The van der Waals surface area contributed by atoms with Crippen LogP contribution in [0, 0.1) is 0 Å². The number of nitrogens with one attached hydrogen (secondary N) is 1. The Labute approximate surface area is 105 Å². The zero-order valence-electron chi connectivity index (χ0n) is 8.70. The van der Waals surface area contributed by atoms with Crippen LogP contribution in [-0.2, 0) is 11.0 Å². The highest BCUT2D eigenvalue weighted by molar-refractivity contribution is 9.10. The Kier molecular flexibility index (Phi) is 5.11. The van der Waals surface area contributed by atoms with E-state index in [2.05, 4.69) is 20.7 Å². The lowest BCUT2D eigenvalue weighted by Gasteiger charge is -2.05. The van der Waals surface area contributed by atoms with Gasteiger partial charge in [-0.2, -0.15) is 0 Å². The third-order valence-corrected chi connectivity index (χ3v) is 3.71. The summed E-state index contributed by atoms with van der Waals surface area (Å²) in [6.45, 7) is 2.60. The van der Waals surface area contributed by atoms with Gasteiger partial charge in [0.2, 0.25) is 0 Å². The fourth-order valence-corrected chi connectivity index (χ4v) is 2.45. The van der Waals surface area contributed by atoms with Gasteiger partial charge in [-0.25, -0.2) is 13.7 Å². The first-order valence-electron chi connectivity index (χ1n) is 4.74. The van der Waals surface area contributed by atoms with Gasteiger partial charge in [0.25, 0.3) is 0 Å². The minimum atomic E-state index is -1.35. The third-order valence-electron chi connectivity index (χ3n) is 1.87. The van der Waals surface area contributed by atoms with Crippen molar-refractivity contribution in [2.75, 3.05) is 6.54 Å². The Bertz CT molecular complexity index is 423. The molecule has 1 aromatic carbocycles. The predicted octanol–water partition coefficient (Wildman–Crippen LogP) is 2.17. The summed E-state index contributed by atoms with van der Waals surface area (Å²) >= 11 is 3.13. The molecule has 0 fully saturated rings. The topological polar surface area (TPSA) is 66.4 Å².